The van der Waals surface area contributed by atoms with Crippen molar-refractivity contribution in [3.05, 3.63) is 77.1 Å². The molecule has 8 heteroatoms. The van der Waals surface area contributed by atoms with Crippen LogP contribution >= 0.6 is 11.6 Å². The summed E-state index contributed by atoms with van der Waals surface area (Å²) in [5.41, 5.74) is 2.52. The molecule has 0 saturated carbocycles. The van der Waals surface area contributed by atoms with Crippen molar-refractivity contribution < 1.29 is 9.53 Å². The smallest absolute Gasteiger partial charge is 0.232 e. The van der Waals surface area contributed by atoms with Gasteiger partial charge >= 0.3 is 0 Å². The molecule has 5 rings (SSSR count). The molecular weight excluding hydrogens is 450 g/mol. The number of allylic oxidation sites excluding steroid dienone is 4. The molecule has 3 N–H and O–H groups in total. The van der Waals surface area contributed by atoms with Crippen LogP contribution < -0.4 is 10.6 Å². The quantitative estimate of drug-likeness (QED) is 0.573. The van der Waals surface area contributed by atoms with Crippen LogP contribution in [0.15, 0.2) is 60.8 Å². The van der Waals surface area contributed by atoms with Gasteiger partial charge in [-0.2, -0.15) is 0 Å². The van der Waals surface area contributed by atoms with Crippen LogP contribution in [0.4, 0.5) is 11.4 Å². The SMILES string of the molecule is C[C@@]1(c2cccc(Nc3ccc(C4C=CC=C4)nc3)c2Cl)CC(=O)N(C2CCOCC2)C(=N)N1. The van der Waals surface area contributed by atoms with E-state index in [2.05, 4.69) is 27.8 Å². The van der Waals surface area contributed by atoms with Crippen LogP contribution in [0.1, 0.15) is 43.4 Å². The Labute approximate surface area is 204 Å². The molecule has 1 amide bonds. The van der Waals surface area contributed by atoms with Crippen LogP contribution in [0.3, 0.4) is 0 Å². The summed E-state index contributed by atoms with van der Waals surface area (Å²) >= 11 is 6.84. The van der Waals surface area contributed by atoms with Crippen LogP contribution in [-0.2, 0) is 15.1 Å². The lowest BCUT2D eigenvalue weighted by molar-refractivity contribution is -0.133. The van der Waals surface area contributed by atoms with E-state index in [9.17, 15) is 4.79 Å². The Morgan fingerprint density at radius 1 is 1.21 bits per heavy atom. The van der Waals surface area contributed by atoms with Gasteiger partial charge in [0.25, 0.3) is 0 Å². The van der Waals surface area contributed by atoms with E-state index in [-0.39, 0.29) is 30.2 Å². The number of guanidine groups is 1. The fourth-order valence-electron chi connectivity index (χ4n) is 4.89. The van der Waals surface area contributed by atoms with Crippen molar-refractivity contribution in [1.29, 1.82) is 5.41 Å². The molecule has 2 saturated heterocycles. The predicted molar refractivity (Wildman–Crippen MR) is 134 cm³/mol. The summed E-state index contributed by atoms with van der Waals surface area (Å²) in [6, 6.07) is 9.70. The van der Waals surface area contributed by atoms with Gasteiger partial charge in [-0.05, 0) is 43.5 Å². The summed E-state index contributed by atoms with van der Waals surface area (Å²) < 4.78 is 5.42. The Morgan fingerprint density at radius 2 is 1.97 bits per heavy atom. The minimum atomic E-state index is -0.784. The third-order valence-corrected chi connectivity index (χ3v) is 7.12. The lowest BCUT2D eigenvalue weighted by Gasteiger charge is -2.45. The molecule has 0 radical (unpaired) electrons. The number of halogens is 1. The van der Waals surface area contributed by atoms with Crippen LogP contribution in [0.5, 0.6) is 0 Å². The average molecular weight is 478 g/mol. The molecule has 7 nitrogen and oxygen atoms in total. The number of pyridine rings is 1. The molecule has 1 aromatic carbocycles. The predicted octanol–water partition coefficient (Wildman–Crippen LogP) is 4.84. The number of hydrogen-bond donors (Lipinski definition) is 3. The van der Waals surface area contributed by atoms with E-state index in [0.717, 1.165) is 35.5 Å². The lowest BCUT2D eigenvalue weighted by Crippen LogP contribution is -2.62. The second-order valence-electron chi connectivity index (χ2n) is 9.15. The number of carbonyl (C=O) groups excluding carboxylic acids is 1. The topological polar surface area (TPSA) is 90.3 Å². The van der Waals surface area contributed by atoms with Crippen molar-refractivity contribution in [2.45, 2.75) is 43.7 Å². The molecule has 2 fully saturated rings. The molecule has 2 aliphatic heterocycles. The number of nitrogens with zero attached hydrogens (tertiary/aromatic N) is 2. The average Bonchev–Trinajstić information content (AvgIpc) is 3.36. The van der Waals surface area contributed by atoms with Gasteiger partial charge < -0.3 is 15.4 Å². The number of carbonyl (C=O) groups is 1. The molecule has 1 atom stereocenters. The molecule has 0 spiro atoms. The van der Waals surface area contributed by atoms with E-state index in [0.29, 0.717) is 18.2 Å². The number of amides is 1. The number of nitrogens with one attached hydrogen (secondary N) is 3. The van der Waals surface area contributed by atoms with Gasteiger partial charge in [-0.1, -0.05) is 48.0 Å². The van der Waals surface area contributed by atoms with E-state index >= 15 is 0 Å². The first-order valence-corrected chi connectivity index (χ1v) is 12.0. The van der Waals surface area contributed by atoms with Crippen molar-refractivity contribution >= 4 is 34.8 Å². The van der Waals surface area contributed by atoms with Gasteiger partial charge in [-0.3, -0.25) is 20.1 Å². The van der Waals surface area contributed by atoms with Crippen LogP contribution in [-0.4, -0.2) is 41.0 Å². The summed E-state index contributed by atoms with van der Waals surface area (Å²) in [4.78, 5) is 19.3. The van der Waals surface area contributed by atoms with Gasteiger partial charge in [0.2, 0.25) is 5.91 Å². The molecule has 0 bridgehead atoms. The molecule has 176 valence electrons. The second-order valence-corrected chi connectivity index (χ2v) is 9.53. The third-order valence-electron chi connectivity index (χ3n) is 6.71. The van der Waals surface area contributed by atoms with Gasteiger partial charge in [0.15, 0.2) is 5.96 Å². The van der Waals surface area contributed by atoms with Crippen molar-refractivity contribution in [2.24, 2.45) is 0 Å². The van der Waals surface area contributed by atoms with Gasteiger partial charge in [0.05, 0.1) is 40.2 Å². The Balaban J connectivity index is 1.35. The van der Waals surface area contributed by atoms with E-state index in [1.54, 1.807) is 11.1 Å². The minimum Gasteiger partial charge on any atom is -0.381 e. The van der Waals surface area contributed by atoms with Crippen molar-refractivity contribution in [2.75, 3.05) is 18.5 Å². The molecule has 34 heavy (non-hydrogen) atoms. The molecular formula is C26H28ClN5O2. The summed E-state index contributed by atoms with van der Waals surface area (Å²) in [5, 5.41) is 15.7. The standard InChI is InChI=1S/C26H28ClN5O2/c1-26(15-23(33)32(25(28)31-26)19-11-13-34-14-12-19)20-7-4-8-22(24(20)27)30-18-9-10-21(29-16-18)17-5-2-3-6-17/h2-10,16-17,19,30H,11-15H2,1H3,(H2,28,31)/t26-/m0/s1. The van der Waals surface area contributed by atoms with Crippen LogP contribution in [0, 0.1) is 5.41 Å². The zero-order valence-corrected chi connectivity index (χ0v) is 19.8. The summed E-state index contributed by atoms with van der Waals surface area (Å²) in [6.07, 6.45) is 11.8. The molecule has 2 aromatic rings. The van der Waals surface area contributed by atoms with E-state index in [1.165, 1.54) is 0 Å². The van der Waals surface area contributed by atoms with Gasteiger partial charge in [-0.15, -0.1) is 0 Å². The van der Waals surface area contributed by atoms with Crippen molar-refractivity contribution in [3.63, 3.8) is 0 Å². The summed E-state index contributed by atoms with van der Waals surface area (Å²) in [7, 11) is 0. The Hall–Kier alpha value is -3.16. The third kappa shape index (κ3) is 4.33. The number of anilines is 2. The molecule has 3 aliphatic rings. The molecule has 0 unspecified atom stereocenters. The molecule has 1 aliphatic carbocycles. The number of ether oxygens (including phenoxy) is 1. The Morgan fingerprint density at radius 3 is 2.65 bits per heavy atom. The highest BCUT2D eigenvalue weighted by atomic mass is 35.5. The first kappa shape index (κ1) is 22.6. The van der Waals surface area contributed by atoms with E-state index in [1.807, 2.05) is 49.4 Å². The number of rotatable bonds is 5. The highest BCUT2D eigenvalue weighted by molar-refractivity contribution is 6.34. The highest BCUT2D eigenvalue weighted by Crippen LogP contribution is 2.39. The molecule has 1 aromatic heterocycles. The molecule has 3 heterocycles. The first-order chi connectivity index (χ1) is 16.4. The van der Waals surface area contributed by atoms with Gasteiger partial charge in [-0.25, -0.2) is 0 Å². The van der Waals surface area contributed by atoms with Crippen molar-refractivity contribution in [1.82, 2.24) is 15.2 Å². The first-order valence-electron chi connectivity index (χ1n) is 11.6. The fourth-order valence-corrected chi connectivity index (χ4v) is 5.27. The zero-order valence-electron chi connectivity index (χ0n) is 19.1. The number of benzene rings is 1. The maximum absolute atomic E-state index is 13.1. The van der Waals surface area contributed by atoms with E-state index in [4.69, 9.17) is 21.7 Å². The number of hydrogen-bond acceptors (Lipinski definition) is 5. The maximum atomic E-state index is 13.1. The lowest BCUT2D eigenvalue weighted by atomic mass is 9.85. The summed E-state index contributed by atoms with van der Waals surface area (Å²) in [5.74, 6) is 0.268. The Kier molecular flexibility index (Phi) is 6.15. The monoisotopic (exact) mass is 477 g/mol. The zero-order chi connectivity index (χ0) is 23.7. The summed E-state index contributed by atoms with van der Waals surface area (Å²) in [6.45, 7) is 3.15. The maximum Gasteiger partial charge on any atom is 0.232 e. The largest absolute Gasteiger partial charge is 0.381 e. The Bertz CT molecular complexity index is 1120. The second kappa shape index (κ2) is 9.24. The van der Waals surface area contributed by atoms with Crippen molar-refractivity contribution in [3.8, 4) is 0 Å². The highest BCUT2D eigenvalue weighted by Gasteiger charge is 2.43. The van der Waals surface area contributed by atoms with Gasteiger partial charge in [0, 0.05) is 25.2 Å². The normalized spacial score (nSPS) is 23.4. The van der Waals surface area contributed by atoms with Gasteiger partial charge in [0.1, 0.15) is 0 Å². The van der Waals surface area contributed by atoms with E-state index < -0.39 is 5.54 Å². The fraction of sp³-hybridized carbons (Fsp3) is 0.346. The number of aromatic nitrogens is 1. The minimum absolute atomic E-state index is 0.0000382. The van der Waals surface area contributed by atoms with Crippen LogP contribution in [0.25, 0.3) is 0 Å². The van der Waals surface area contributed by atoms with Crippen LogP contribution in [0.2, 0.25) is 5.02 Å².